The van der Waals surface area contributed by atoms with Gasteiger partial charge in [-0.1, -0.05) is 0 Å². The minimum absolute atomic E-state index is 0.0492. The summed E-state index contributed by atoms with van der Waals surface area (Å²) in [4.78, 5) is 10.8. The quantitative estimate of drug-likeness (QED) is 0.765. The van der Waals surface area contributed by atoms with Crippen LogP contribution in [-0.4, -0.2) is 33.4 Å². The maximum atomic E-state index is 13.1. The summed E-state index contributed by atoms with van der Waals surface area (Å²) in [7, 11) is 0.386. The van der Waals surface area contributed by atoms with Crippen LogP contribution in [0.1, 0.15) is 23.7 Å². The Balaban J connectivity index is 2.17. The van der Waals surface area contributed by atoms with Crippen molar-refractivity contribution in [3.05, 3.63) is 41.1 Å². The SMILES string of the molecule is [2H]c1c(OC)c([2H])c2[nH]c(S(=O)C([2H])([2H])c3ncc(C)c(OC)c3C)nc2c1[2H]. The number of hydrogen-bond donors (Lipinski definition) is 1. The monoisotopic (exact) mass is 350 g/mol. The summed E-state index contributed by atoms with van der Waals surface area (Å²) in [6.45, 7) is 3.40. The van der Waals surface area contributed by atoms with Gasteiger partial charge >= 0.3 is 0 Å². The fourth-order valence-corrected chi connectivity index (χ4v) is 3.10. The molecule has 1 N–H and O–H groups in total. The Hall–Kier alpha value is -2.41. The van der Waals surface area contributed by atoms with E-state index in [9.17, 15) is 4.21 Å². The third-order valence-electron chi connectivity index (χ3n) is 3.43. The summed E-state index contributed by atoms with van der Waals surface area (Å²) in [5.74, 6) is 0.332. The highest BCUT2D eigenvalue weighted by Crippen LogP contribution is 2.26. The number of imidazole rings is 1. The van der Waals surface area contributed by atoms with Gasteiger partial charge in [0.25, 0.3) is 0 Å². The molecule has 2 heterocycles. The van der Waals surface area contributed by atoms with Gasteiger partial charge in [0.1, 0.15) is 11.5 Å². The molecule has 0 aliphatic rings. The van der Waals surface area contributed by atoms with E-state index in [1.807, 2.05) is 0 Å². The lowest BCUT2D eigenvalue weighted by Gasteiger charge is -2.11. The molecule has 0 saturated carbocycles. The lowest BCUT2D eigenvalue weighted by atomic mass is 10.1. The van der Waals surface area contributed by atoms with Gasteiger partial charge in [-0.25, -0.2) is 4.98 Å². The molecule has 0 bridgehead atoms. The van der Waals surface area contributed by atoms with Gasteiger partial charge in [-0.05, 0) is 25.9 Å². The van der Waals surface area contributed by atoms with Crippen LogP contribution in [0.2, 0.25) is 0 Å². The van der Waals surface area contributed by atoms with Crippen molar-refractivity contribution in [2.75, 3.05) is 14.2 Å². The highest BCUT2D eigenvalue weighted by Gasteiger charge is 2.16. The minimum Gasteiger partial charge on any atom is -0.497 e. The number of hydrogen-bond acceptors (Lipinski definition) is 5. The first kappa shape index (κ1) is 11.2. The number of methoxy groups -OCH3 is 2. The van der Waals surface area contributed by atoms with Gasteiger partial charge in [-0.2, -0.15) is 0 Å². The smallest absolute Gasteiger partial charge is 0.197 e. The molecule has 1 aromatic carbocycles. The van der Waals surface area contributed by atoms with E-state index in [0.29, 0.717) is 16.9 Å². The van der Waals surface area contributed by atoms with Crippen LogP contribution in [0.4, 0.5) is 0 Å². The van der Waals surface area contributed by atoms with Crippen molar-refractivity contribution >= 4 is 21.8 Å². The number of aromatic nitrogens is 3. The standard InChI is InChI=1S/C17H19N3O3S/c1-10-8-18-15(11(2)16(10)23-4)9-24(21)17-19-13-6-5-12(22-3)7-14(13)20-17/h5-8H,9H2,1-4H3,(H,19,20)/i5D,6D,7D,9D2. The van der Waals surface area contributed by atoms with E-state index in [-0.39, 0.29) is 45.8 Å². The number of benzene rings is 1. The van der Waals surface area contributed by atoms with E-state index < -0.39 is 16.5 Å². The zero-order chi connectivity index (χ0) is 21.7. The molecule has 6 nitrogen and oxygen atoms in total. The molecule has 3 rings (SSSR count). The first-order chi connectivity index (χ1) is 13.6. The maximum absolute atomic E-state index is 13.1. The third kappa shape index (κ3) is 2.99. The summed E-state index contributed by atoms with van der Waals surface area (Å²) in [6, 6.07) is -0.844. The fraction of sp³-hybridized carbons (Fsp3) is 0.294. The number of pyridine rings is 1. The molecule has 0 aliphatic heterocycles. The van der Waals surface area contributed by atoms with E-state index in [2.05, 4.69) is 15.0 Å². The van der Waals surface area contributed by atoms with E-state index in [1.165, 1.54) is 20.4 Å². The number of H-pyrrole nitrogens is 1. The van der Waals surface area contributed by atoms with Crippen LogP contribution < -0.4 is 9.47 Å². The number of aryl methyl sites for hydroxylation is 1. The number of fused-ring (bicyclic) bond motifs is 1. The third-order valence-corrected chi connectivity index (χ3v) is 4.35. The molecule has 0 saturated heterocycles. The normalized spacial score (nSPS) is 15.9. The molecule has 0 amide bonds. The van der Waals surface area contributed by atoms with Crippen molar-refractivity contribution in [3.8, 4) is 11.5 Å². The van der Waals surface area contributed by atoms with Crippen LogP contribution in [0.25, 0.3) is 11.0 Å². The fourth-order valence-electron chi connectivity index (χ4n) is 2.26. The number of aromatic amines is 1. The van der Waals surface area contributed by atoms with E-state index in [0.717, 1.165) is 0 Å². The molecular formula is C17H19N3O3S. The van der Waals surface area contributed by atoms with Gasteiger partial charge in [-0.3, -0.25) is 9.19 Å². The van der Waals surface area contributed by atoms with E-state index in [1.54, 1.807) is 13.8 Å². The Kier molecular flexibility index (Phi) is 3.08. The first-order valence-corrected chi connectivity index (χ1v) is 8.17. The van der Waals surface area contributed by atoms with Crippen molar-refractivity contribution in [3.63, 3.8) is 0 Å². The van der Waals surface area contributed by atoms with Crippen LogP contribution in [0.5, 0.6) is 11.5 Å². The second-order valence-electron chi connectivity index (χ2n) is 4.99. The van der Waals surface area contributed by atoms with Gasteiger partial charge in [-0.15, -0.1) is 0 Å². The zero-order valence-corrected chi connectivity index (χ0v) is 14.4. The van der Waals surface area contributed by atoms with Crippen molar-refractivity contribution in [2.24, 2.45) is 0 Å². The average molecular weight is 350 g/mol. The van der Waals surface area contributed by atoms with Crippen molar-refractivity contribution in [2.45, 2.75) is 24.7 Å². The van der Waals surface area contributed by atoms with Gasteiger partial charge in [0.05, 0.1) is 51.6 Å². The Labute approximate surface area is 149 Å². The largest absolute Gasteiger partial charge is 0.497 e. The number of ether oxygens (including phenoxy) is 2. The van der Waals surface area contributed by atoms with Crippen LogP contribution in [0.15, 0.2) is 29.5 Å². The molecular weight excluding hydrogens is 326 g/mol. The van der Waals surface area contributed by atoms with Gasteiger partial charge < -0.3 is 14.5 Å². The highest BCUT2D eigenvalue weighted by atomic mass is 32.2. The zero-order valence-electron chi connectivity index (χ0n) is 18.6. The second-order valence-corrected chi connectivity index (χ2v) is 6.12. The molecule has 1 unspecified atom stereocenters. The topological polar surface area (TPSA) is 77.1 Å². The first-order valence-electron chi connectivity index (χ1n) is 9.52. The highest BCUT2D eigenvalue weighted by molar-refractivity contribution is 7.84. The maximum Gasteiger partial charge on any atom is 0.197 e. The van der Waals surface area contributed by atoms with Crippen LogP contribution in [0.3, 0.4) is 0 Å². The second kappa shape index (κ2) is 6.60. The molecule has 0 fully saturated rings. The lowest BCUT2D eigenvalue weighted by molar-refractivity contribution is 0.407. The summed E-state index contributed by atoms with van der Waals surface area (Å²) in [5, 5.41) is -0.264. The van der Waals surface area contributed by atoms with Gasteiger partial charge in [0, 0.05) is 26.1 Å². The number of nitrogens with one attached hydrogen (secondary N) is 1. The number of nitrogens with zero attached hydrogens (tertiary/aromatic N) is 2. The van der Waals surface area contributed by atoms with Crippen LogP contribution in [0, 0.1) is 13.8 Å². The molecule has 3 aromatic rings. The Morgan fingerprint density at radius 3 is 2.83 bits per heavy atom. The Morgan fingerprint density at radius 1 is 1.33 bits per heavy atom. The van der Waals surface area contributed by atoms with Crippen LogP contribution >= 0.6 is 0 Å². The van der Waals surface area contributed by atoms with Crippen LogP contribution in [-0.2, 0) is 16.5 Å². The number of rotatable bonds is 5. The molecule has 1 atom stereocenters. The van der Waals surface area contributed by atoms with E-state index >= 15 is 0 Å². The molecule has 0 spiro atoms. The summed E-state index contributed by atoms with van der Waals surface area (Å²) in [5.41, 5.74) is -1.36. The molecule has 0 radical (unpaired) electrons. The average Bonchev–Trinajstić information content (AvgIpc) is 3.12. The van der Waals surface area contributed by atoms with Crippen molar-refractivity contribution in [1.82, 2.24) is 15.0 Å². The molecule has 126 valence electrons. The lowest BCUT2D eigenvalue weighted by Crippen LogP contribution is -2.05. The molecule has 24 heavy (non-hydrogen) atoms. The molecule has 0 aliphatic carbocycles. The predicted octanol–water partition coefficient (Wildman–Crippen LogP) is 2.90. The predicted molar refractivity (Wildman–Crippen MR) is 93.0 cm³/mol. The Morgan fingerprint density at radius 2 is 2.12 bits per heavy atom. The van der Waals surface area contributed by atoms with Crippen molar-refractivity contribution < 1.29 is 20.5 Å². The van der Waals surface area contributed by atoms with E-state index in [4.69, 9.17) is 16.3 Å². The molecule has 2 aromatic heterocycles. The van der Waals surface area contributed by atoms with Gasteiger partial charge in [0.15, 0.2) is 5.16 Å². The summed E-state index contributed by atoms with van der Waals surface area (Å²) in [6.07, 6.45) is 1.44. The minimum atomic E-state index is -2.43. The van der Waals surface area contributed by atoms with Crippen molar-refractivity contribution in [1.29, 1.82) is 0 Å². The summed E-state index contributed by atoms with van der Waals surface area (Å²) < 4.78 is 64.4. The Bertz CT molecular complexity index is 1150. The van der Waals surface area contributed by atoms with Gasteiger partial charge in [0.2, 0.25) is 0 Å². The molecule has 7 heteroatoms. The summed E-state index contributed by atoms with van der Waals surface area (Å²) >= 11 is 0.